The zero-order valence-corrected chi connectivity index (χ0v) is 5.15. The van der Waals surface area contributed by atoms with Crippen molar-refractivity contribution in [3.63, 3.8) is 0 Å². The predicted octanol–water partition coefficient (Wildman–Crippen LogP) is -0.283. The van der Waals surface area contributed by atoms with E-state index in [1.807, 2.05) is 12.2 Å². The Balaban J connectivity index is 2.27. The highest BCUT2D eigenvalue weighted by Gasteiger charge is 2.31. The van der Waals surface area contributed by atoms with Crippen molar-refractivity contribution in [1.29, 1.82) is 0 Å². The van der Waals surface area contributed by atoms with Crippen molar-refractivity contribution in [2.75, 3.05) is 0 Å². The number of nitrogens with zero attached hydrogens (tertiary/aromatic N) is 1. The van der Waals surface area contributed by atoms with E-state index in [2.05, 4.69) is 10.4 Å². The van der Waals surface area contributed by atoms with Crippen molar-refractivity contribution < 1.29 is 9.63 Å². The zero-order valence-electron chi connectivity index (χ0n) is 5.15. The van der Waals surface area contributed by atoms with Gasteiger partial charge in [-0.15, -0.1) is 0 Å². The number of rotatable bonds is 0. The molecule has 1 fully saturated rings. The molecule has 0 aromatic heterocycles. The van der Waals surface area contributed by atoms with E-state index in [-0.39, 0.29) is 12.0 Å². The van der Waals surface area contributed by atoms with Crippen LogP contribution in [0.2, 0.25) is 0 Å². The molecule has 1 unspecified atom stereocenters. The molecule has 0 aliphatic carbocycles. The molecular weight excluding hydrogens is 132 g/mol. The van der Waals surface area contributed by atoms with Gasteiger partial charge in [0.05, 0.1) is 0 Å². The van der Waals surface area contributed by atoms with E-state index >= 15 is 0 Å². The van der Waals surface area contributed by atoms with E-state index in [9.17, 15) is 4.79 Å². The van der Waals surface area contributed by atoms with Gasteiger partial charge in [0.1, 0.15) is 0 Å². The lowest BCUT2D eigenvalue weighted by Gasteiger charge is -2.14. The van der Waals surface area contributed by atoms with Crippen molar-refractivity contribution in [1.82, 2.24) is 10.6 Å². The molecule has 0 saturated carbocycles. The Morgan fingerprint density at radius 3 is 3.30 bits per heavy atom. The Morgan fingerprint density at radius 1 is 1.60 bits per heavy atom. The van der Waals surface area contributed by atoms with Gasteiger partial charge in [0.15, 0.2) is 6.04 Å². The molecule has 10 heavy (non-hydrogen) atoms. The number of carbonyl (C=O) groups excluding carboxylic acids is 1. The van der Waals surface area contributed by atoms with Gasteiger partial charge >= 0.3 is 5.97 Å². The van der Waals surface area contributed by atoms with E-state index in [1.165, 1.54) is 0 Å². The lowest BCUT2D eigenvalue weighted by Crippen LogP contribution is -2.33. The van der Waals surface area contributed by atoms with Gasteiger partial charge in [-0.3, -0.25) is 5.01 Å². The minimum Gasteiger partial charge on any atom is -0.348 e. The molecule has 2 heterocycles. The first-order valence-corrected chi connectivity index (χ1v) is 2.97. The summed E-state index contributed by atoms with van der Waals surface area (Å²) in [6.45, 7) is 0. The summed E-state index contributed by atoms with van der Waals surface area (Å²) in [6, 6.07) is -0.273. The highest BCUT2D eigenvalue weighted by molar-refractivity contribution is 5.79. The molecule has 0 aromatic carbocycles. The Hall–Kier alpha value is -1.29. The summed E-state index contributed by atoms with van der Waals surface area (Å²) >= 11 is 0. The maximum atomic E-state index is 10.8. The van der Waals surface area contributed by atoms with Gasteiger partial charge in [0.2, 0.25) is 0 Å². The molecule has 4 nitrogen and oxygen atoms in total. The molecular formula is C6H6N2O2. The number of fused-ring (bicyclic) bond motifs is 1. The van der Waals surface area contributed by atoms with Crippen LogP contribution in [0.5, 0.6) is 0 Å². The van der Waals surface area contributed by atoms with Crippen LogP contribution >= 0.6 is 0 Å². The number of hydrogen-bond donors (Lipinski definition) is 1. The molecule has 0 bridgehead atoms. The maximum Gasteiger partial charge on any atom is 0.354 e. The first-order chi connectivity index (χ1) is 4.88. The normalized spacial score (nSPS) is 28.6. The molecule has 0 radical (unpaired) electrons. The van der Waals surface area contributed by atoms with Gasteiger partial charge in [-0.1, -0.05) is 11.7 Å². The van der Waals surface area contributed by atoms with E-state index < -0.39 is 0 Å². The first-order valence-electron chi connectivity index (χ1n) is 2.97. The third kappa shape index (κ3) is 0.625. The van der Waals surface area contributed by atoms with Gasteiger partial charge in [0.25, 0.3) is 0 Å². The summed E-state index contributed by atoms with van der Waals surface area (Å²) in [5.74, 6) is -0.263. The number of allylic oxidation sites excluding steroid dienone is 2. The maximum absolute atomic E-state index is 10.8. The van der Waals surface area contributed by atoms with Crippen LogP contribution in [0.4, 0.5) is 0 Å². The standard InChI is InChI=1S/C6H6N2O2/c9-6-5-3-1-2-4-8(5)7-10-6/h1-5,7H. The summed E-state index contributed by atoms with van der Waals surface area (Å²) in [5.41, 5.74) is 2.45. The van der Waals surface area contributed by atoms with E-state index in [0.717, 1.165) is 0 Å². The van der Waals surface area contributed by atoms with Crippen molar-refractivity contribution in [3.05, 3.63) is 24.4 Å². The number of carbonyl (C=O) groups is 1. The van der Waals surface area contributed by atoms with Gasteiger partial charge < -0.3 is 4.84 Å². The van der Waals surface area contributed by atoms with Crippen LogP contribution in [-0.4, -0.2) is 17.0 Å². The van der Waals surface area contributed by atoms with Crippen LogP contribution in [0.25, 0.3) is 0 Å². The summed E-state index contributed by atoms with van der Waals surface area (Å²) in [5, 5.41) is 1.60. The third-order valence-corrected chi connectivity index (χ3v) is 1.44. The number of nitrogens with one attached hydrogen (secondary N) is 1. The highest BCUT2D eigenvalue weighted by atomic mass is 16.7. The Morgan fingerprint density at radius 2 is 2.50 bits per heavy atom. The van der Waals surface area contributed by atoms with Crippen LogP contribution in [-0.2, 0) is 9.63 Å². The fraction of sp³-hybridized carbons (Fsp3) is 0.167. The lowest BCUT2D eigenvalue weighted by atomic mass is 10.2. The first kappa shape index (κ1) is 5.49. The lowest BCUT2D eigenvalue weighted by molar-refractivity contribution is -0.143. The average Bonchev–Trinajstić information content (AvgIpc) is 2.34. The molecule has 4 heteroatoms. The molecule has 1 N–H and O–H groups in total. The summed E-state index contributed by atoms with van der Waals surface area (Å²) in [7, 11) is 0. The summed E-state index contributed by atoms with van der Waals surface area (Å²) < 4.78 is 0. The summed E-state index contributed by atoms with van der Waals surface area (Å²) in [6.07, 6.45) is 7.15. The van der Waals surface area contributed by atoms with Gasteiger partial charge in [-0.2, -0.15) is 0 Å². The molecule has 0 spiro atoms. The molecule has 0 amide bonds. The molecule has 2 aliphatic heterocycles. The second-order valence-electron chi connectivity index (χ2n) is 2.09. The van der Waals surface area contributed by atoms with E-state index in [0.29, 0.717) is 0 Å². The number of hydrazine groups is 1. The van der Waals surface area contributed by atoms with E-state index in [1.54, 1.807) is 17.3 Å². The molecule has 2 rings (SSSR count). The predicted molar refractivity (Wildman–Crippen MR) is 33.1 cm³/mol. The van der Waals surface area contributed by atoms with Crippen molar-refractivity contribution >= 4 is 5.97 Å². The van der Waals surface area contributed by atoms with Crippen molar-refractivity contribution in [3.8, 4) is 0 Å². The van der Waals surface area contributed by atoms with Crippen LogP contribution in [0.15, 0.2) is 24.4 Å². The second kappa shape index (κ2) is 1.85. The van der Waals surface area contributed by atoms with Crippen molar-refractivity contribution in [2.24, 2.45) is 0 Å². The van der Waals surface area contributed by atoms with Crippen LogP contribution in [0.3, 0.4) is 0 Å². The minimum atomic E-state index is -0.273. The molecule has 52 valence electrons. The number of hydrogen-bond acceptors (Lipinski definition) is 4. The largest absolute Gasteiger partial charge is 0.354 e. The fourth-order valence-corrected chi connectivity index (χ4v) is 0.935. The fourth-order valence-electron chi connectivity index (χ4n) is 0.935. The Kier molecular flexibility index (Phi) is 1.01. The Bertz CT molecular complexity index is 222. The van der Waals surface area contributed by atoms with E-state index in [4.69, 9.17) is 0 Å². The smallest absolute Gasteiger partial charge is 0.348 e. The highest BCUT2D eigenvalue weighted by Crippen LogP contribution is 2.11. The Labute approximate surface area is 57.7 Å². The molecule has 0 aromatic rings. The quantitative estimate of drug-likeness (QED) is 0.499. The molecule has 1 atom stereocenters. The minimum absolute atomic E-state index is 0.263. The molecule has 2 aliphatic rings. The summed E-state index contributed by atoms with van der Waals surface area (Å²) in [4.78, 5) is 15.3. The van der Waals surface area contributed by atoms with Crippen LogP contribution in [0, 0.1) is 0 Å². The molecule has 1 saturated heterocycles. The average molecular weight is 138 g/mol. The second-order valence-corrected chi connectivity index (χ2v) is 2.09. The van der Waals surface area contributed by atoms with Crippen LogP contribution < -0.4 is 5.59 Å². The zero-order chi connectivity index (χ0) is 6.97. The third-order valence-electron chi connectivity index (χ3n) is 1.44. The van der Waals surface area contributed by atoms with Gasteiger partial charge in [-0.05, 0) is 12.2 Å². The van der Waals surface area contributed by atoms with Gasteiger partial charge in [-0.25, -0.2) is 4.79 Å². The van der Waals surface area contributed by atoms with Crippen LogP contribution in [0.1, 0.15) is 0 Å². The monoisotopic (exact) mass is 138 g/mol. The SMILES string of the molecule is O=C1ONN2C=CC=CC12. The topological polar surface area (TPSA) is 41.6 Å². The van der Waals surface area contributed by atoms with Gasteiger partial charge in [0, 0.05) is 6.20 Å². The van der Waals surface area contributed by atoms with Crippen molar-refractivity contribution in [2.45, 2.75) is 6.04 Å².